The molecule has 1 fully saturated rings. The van der Waals surface area contributed by atoms with Gasteiger partial charge in [0.15, 0.2) is 20.9 Å². The van der Waals surface area contributed by atoms with Crippen molar-refractivity contribution in [1.82, 2.24) is 19.5 Å². The summed E-state index contributed by atoms with van der Waals surface area (Å²) in [5.74, 6) is 0. The number of aliphatic hydroxyl groups is 3. The minimum atomic E-state index is -1.20. The summed E-state index contributed by atoms with van der Waals surface area (Å²) in [5.41, 5.74) is 0.772. The molecule has 4 atom stereocenters. The van der Waals surface area contributed by atoms with Gasteiger partial charge >= 0.3 is 0 Å². The Morgan fingerprint density at radius 3 is 2.43 bits per heavy atom. The van der Waals surface area contributed by atoms with E-state index in [1.165, 1.54) is 10.9 Å². The molecule has 3 rings (SSSR count). The first-order valence-electron chi connectivity index (χ1n) is 5.71. The van der Waals surface area contributed by atoms with E-state index in [2.05, 4.69) is 15.0 Å². The van der Waals surface area contributed by atoms with Gasteiger partial charge in [-0.05, 0) is 0 Å². The van der Waals surface area contributed by atoms with Gasteiger partial charge in [0.05, 0.1) is 12.9 Å². The van der Waals surface area contributed by atoms with Crippen molar-refractivity contribution >= 4 is 45.4 Å². The summed E-state index contributed by atoms with van der Waals surface area (Å²) >= 11 is 7.89. The number of rotatable bonds is 2. The van der Waals surface area contributed by atoms with Crippen molar-refractivity contribution in [3.05, 3.63) is 15.3 Å². The molecule has 3 radical (unpaired) electrons. The first-order valence-corrected chi connectivity index (χ1v) is 7.16. The van der Waals surface area contributed by atoms with Crippen molar-refractivity contribution in [2.24, 2.45) is 0 Å². The fourth-order valence-electron chi connectivity index (χ4n) is 2.15. The molecule has 8 nitrogen and oxygen atoms in total. The molecule has 3 N–H and O–H groups in total. The molecule has 2 aromatic heterocycles. The molecule has 23 heavy (non-hydrogen) atoms. The number of imidazole rings is 1. The fraction of sp³-hybridized carbons (Fsp3) is 0.500. The molecule has 0 aliphatic carbocycles. The van der Waals surface area contributed by atoms with E-state index in [1.807, 2.05) is 22.6 Å². The molecule has 1 aliphatic heterocycles. The number of aromatic nitrogens is 4. The summed E-state index contributed by atoms with van der Waals surface area (Å²) in [6.07, 6.45) is -2.73. The zero-order chi connectivity index (χ0) is 14.4. The first-order chi connectivity index (χ1) is 9.52. The van der Waals surface area contributed by atoms with Crippen LogP contribution in [0, 0.1) is 136 Å². The van der Waals surface area contributed by atoms with E-state index in [9.17, 15) is 10.2 Å². The molecular weight excluding hydrogens is 1080 g/mol. The molecule has 13 heteroatoms. The van der Waals surface area contributed by atoms with Gasteiger partial charge in [-0.2, -0.15) is 0 Å². The van der Waals surface area contributed by atoms with Crippen LogP contribution in [0.1, 0.15) is 6.23 Å². The van der Waals surface area contributed by atoms with Crippen LogP contribution in [0.5, 0.6) is 0 Å². The van der Waals surface area contributed by atoms with E-state index >= 15 is 0 Å². The number of halogens is 2. The molecule has 0 aromatic carbocycles. The van der Waals surface area contributed by atoms with Crippen LogP contribution in [0.3, 0.4) is 0 Å². The van der Waals surface area contributed by atoms with E-state index in [0.29, 0.717) is 15.0 Å². The summed E-state index contributed by atoms with van der Waals surface area (Å²) in [6, 6.07) is 0. The van der Waals surface area contributed by atoms with Gasteiger partial charge in [0, 0.05) is 155 Å². The number of aliphatic hydroxyl groups excluding tert-OH is 3. The topological polar surface area (TPSA) is 114 Å². The number of hydrogen-bond donors (Lipinski definition) is 3. The van der Waals surface area contributed by atoms with E-state index in [0.717, 1.165) is 0 Å². The van der Waals surface area contributed by atoms with Gasteiger partial charge in [-0.25, -0.2) is 15.0 Å². The molecule has 0 amide bonds. The van der Waals surface area contributed by atoms with Gasteiger partial charge in [-0.15, -0.1) is 0 Å². The van der Waals surface area contributed by atoms with Crippen molar-refractivity contribution in [2.75, 3.05) is 6.61 Å². The van der Waals surface area contributed by atoms with Crippen molar-refractivity contribution in [2.45, 2.75) is 24.5 Å². The molecular formula is C10H10Ac3ClIN4O4. The number of ether oxygens (including phenoxy) is 1. The Morgan fingerprint density at radius 2 is 1.87 bits per heavy atom. The van der Waals surface area contributed by atoms with E-state index in [1.54, 1.807) is 0 Å². The average molecular weight is 1090 g/mol. The van der Waals surface area contributed by atoms with Crippen molar-refractivity contribution in [3.8, 4) is 0 Å². The minimum absolute atomic E-state index is 0. The SMILES string of the molecule is OCC1OC(n2cnc3c(Cl)nc(I)nc32)[C@H](O)[C@@H]1O.[Ac].[Ac].[Ac]. The Bertz CT molecular complexity index is 666. The Kier molecular flexibility index (Phi) is 13.6. The van der Waals surface area contributed by atoms with Crippen LogP contribution in [0.15, 0.2) is 6.33 Å². The first kappa shape index (κ1) is 26.7. The maximum atomic E-state index is 10.0. The largest absolute Gasteiger partial charge is 0.394 e. The van der Waals surface area contributed by atoms with Gasteiger partial charge in [0.25, 0.3) is 0 Å². The second kappa shape index (κ2) is 11.7. The van der Waals surface area contributed by atoms with E-state index in [-0.39, 0.29) is 137 Å². The second-order valence-electron chi connectivity index (χ2n) is 4.34. The third-order valence-corrected chi connectivity index (χ3v) is 3.89. The Balaban J connectivity index is 0.00000161. The molecule has 1 aliphatic rings. The van der Waals surface area contributed by atoms with E-state index in [4.69, 9.17) is 21.4 Å². The molecule has 2 aromatic rings. The molecule has 1 saturated heterocycles. The van der Waals surface area contributed by atoms with Crippen LogP contribution in [-0.4, -0.2) is 59.8 Å². The second-order valence-corrected chi connectivity index (χ2v) is 5.66. The summed E-state index contributed by atoms with van der Waals surface area (Å²) in [6.45, 7) is -0.394. The molecule has 3 heterocycles. The zero-order valence-electron chi connectivity index (χ0n) is 11.6. The molecule has 2 unspecified atom stereocenters. The smallest absolute Gasteiger partial charge is 0.194 e. The van der Waals surface area contributed by atoms with Crippen molar-refractivity contribution in [1.29, 1.82) is 0 Å². The van der Waals surface area contributed by atoms with Gasteiger partial charge in [0.2, 0.25) is 0 Å². The van der Waals surface area contributed by atoms with Crippen molar-refractivity contribution in [3.63, 3.8) is 0 Å². The molecule has 0 saturated carbocycles. The molecule has 0 spiro atoms. The summed E-state index contributed by atoms with van der Waals surface area (Å²) in [7, 11) is 0. The maximum absolute atomic E-state index is 10.0. The zero-order valence-corrected chi connectivity index (χ0v) is 28.8. The fourth-order valence-corrected chi connectivity index (χ4v) is 2.98. The van der Waals surface area contributed by atoms with Crippen molar-refractivity contribution < 1.29 is 152 Å². The predicted octanol–water partition coefficient (Wildman–Crippen LogP) is -0.304. The van der Waals surface area contributed by atoms with Gasteiger partial charge in [-0.3, -0.25) is 4.57 Å². The maximum Gasteiger partial charge on any atom is 0.194 e. The predicted molar refractivity (Wildman–Crippen MR) is 76.1 cm³/mol. The minimum Gasteiger partial charge on any atom is -0.394 e. The Labute approximate surface area is 257 Å². The Hall–Kier alpha value is 3.73. The normalized spacial score (nSPS) is 26.3. The molecule has 0 bridgehead atoms. The van der Waals surface area contributed by atoms with Crippen LogP contribution < -0.4 is 0 Å². The Morgan fingerprint density at radius 1 is 1.22 bits per heavy atom. The number of hydrogen-bond acceptors (Lipinski definition) is 7. The van der Waals surface area contributed by atoms with E-state index < -0.39 is 31.1 Å². The van der Waals surface area contributed by atoms with Crippen LogP contribution in [-0.2, 0) is 4.74 Å². The van der Waals surface area contributed by atoms with Crippen LogP contribution in [0.2, 0.25) is 5.15 Å². The standard InChI is InChI=1S/C10H10ClIN4O4.3Ac/c11-7-4-8(15-10(12)14-7)16(2-13-4)9-6(19)5(18)3(1-17)20-9;;;/h2-3,5-6,9,17-19H,1H2;;;/t3?,5-,6-,9?;;;/m1.../s1. The van der Waals surface area contributed by atoms with Crippen LogP contribution in [0.4, 0.5) is 0 Å². The number of nitrogens with zero attached hydrogens (tertiary/aromatic N) is 4. The summed E-state index contributed by atoms with van der Waals surface area (Å²) < 4.78 is 7.33. The number of fused-ring (bicyclic) bond motifs is 1. The third kappa shape index (κ3) is 5.63. The summed E-state index contributed by atoms with van der Waals surface area (Å²) in [5, 5.41) is 29.1. The van der Waals surface area contributed by atoms with Gasteiger partial charge in [-0.1, -0.05) is 11.6 Å². The van der Waals surface area contributed by atoms with Gasteiger partial charge < -0.3 is 20.1 Å². The van der Waals surface area contributed by atoms with Crippen LogP contribution in [0.25, 0.3) is 11.2 Å². The molecule has 117 valence electrons. The quantitative estimate of drug-likeness (QED) is 0.215. The monoisotopic (exact) mass is 1090 g/mol. The van der Waals surface area contributed by atoms with Gasteiger partial charge in [0.1, 0.15) is 23.8 Å². The van der Waals surface area contributed by atoms with Crippen LogP contribution >= 0.6 is 34.2 Å². The third-order valence-electron chi connectivity index (χ3n) is 3.14. The summed E-state index contributed by atoms with van der Waals surface area (Å²) in [4.78, 5) is 12.3. The average Bonchev–Trinajstić information content (AvgIpc) is 2.93.